The molecule has 3 atom stereocenters. The highest BCUT2D eigenvalue weighted by molar-refractivity contribution is 6.05. The Balaban J connectivity index is 2.04. The molecule has 3 rings (SSSR count). The number of carbonyl (C=O) groups excluding carboxylic acids is 1. The zero-order valence-corrected chi connectivity index (χ0v) is 12.1. The topological polar surface area (TPSA) is 95.7 Å². The molecule has 0 radical (unpaired) electrons. The Morgan fingerprint density at radius 1 is 1.52 bits per heavy atom. The lowest BCUT2D eigenvalue weighted by molar-refractivity contribution is -0.161. The van der Waals surface area contributed by atoms with E-state index < -0.39 is 18.0 Å². The minimum Gasteiger partial charge on any atom is -0.477 e. The van der Waals surface area contributed by atoms with Crippen molar-refractivity contribution in [3.05, 3.63) is 23.2 Å². The molecule has 1 aromatic heterocycles. The van der Waals surface area contributed by atoms with Crippen LogP contribution in [0.2, 0.25) is 0 Å². The lowest BCUT2D eigenvalue weighted by Gasteiger charge is -2.44. The van der Waals surface area contributed by atoms with Crippen molar-refractivity contribution in [3.8, 4) is 0 Å². The molecule has 112 valence electrons. The maximum atomic E-state index is 12.1. The third kappa shape index (κ3) is 1.80. The van der Waals surface area contributed by atoms with E-state index in [-0.39, 0.29) is 17.6 Å². The summed E-state index contributed by atoms with van der Waals surface area (Å²) in [7, 11) is 1.79. The number of amides is 1. The number of β-lactam (4-membered cyclic amide) rings is 1. The Labute approximate surface area is 121 Å². The van der Waals surface area contributed by atoms with E-state index in [9.17, 15) is 19.8 Å². The van der Waals surface area contributed by atoms with Crippen molar-refractivity contribution in [3.63, 3.8) is 0 Å². The molecule has 2 N–H and O–H groups in total. The standard InChI is InChI=1S/C14H17N3O4/c1-6-4-9(15-16(6)3)8-5-10-11(7(2)18)13(19)17(10)12(8)14(20)21/h4,7,10-11,18H,5H2,1-3H3,(H,20,21)/t7-,10-,11-/m1/s1. The highest BCUT2D eigenvalue weighted by Gasteiger charge is 2.57. The summed E-state index contributed by atoms with van der Waals surface area (Å²) in [5, 5.41) is 23.4. The van der Waals surface area contributed by atoms with Crippen LogP contribution in [0.5, 0.6) is 0 Å². The molecule has 2 aliphatic rings. The molecule has 1 saturated heterocycles. The third-order valence-electron chi connectivity index (χ3n) is 4.35. The molecule has 21 heavy (non-hydrogen) atoms. The first-order chi connectivity index (χ1) is 9.82. The Morgan fingerprint density at radius 2 is 2.19 bits per heavy atom. The normalized spacial score (nSPS) is 25.9. The van der Waals surface area contributed by atoms with E-state index in [1.807, 2.05) is 13.0 Å². The van der Waals surface area contributed by atoms with Gasteiger partial charge < -0.3 is 15.1 Å². The van der Waals surface area contributed by atoms with Gasteiger partial charge in [0.15, 0.2) is 0 Å². The number of aliphatic carboxylic acids is 1. The van der Waals surface area contributed by atoms with Gasteiger partial charge in [0, 0.05) is 18.3 Å². The molecule has 7 heteroatoms. The Hall–Kier alpha value is -2.15. The second kappa shape index (κ2) is 4.42. The molecule has 0 unspecified atom stereocenters. The highest BCUT2D eigenvalue weighted by Crippen LogP contribution is 2.46. The first-order valence-electron chi connectivity index (χ1n) is 6.81. The highest BCUT2D eigenvalue weighted by atomic mass is 16.4. The van der Waals surface area contributed by atoms with Crippen LogP contribution in [0.3, 0.4) is 0 Å². The first kappa shape index (κ1) is 13.8. The van der Waals surface area contributed by atoms with Crippen molar-refractivity contribution in [2.75, 3.05) is 0 Å². The van der Waals surface area contributed by atoms with E-state index >= 15 is 0 Å². The van der Waals surface area contributed by atoms with Crippen molar-refractivity contribution in [2.24, 2.45) is 13.0 Å². The summed E-state index contributed by atoms with van der Waals surface area (Å²) in [5.41, 5.74) is 2.06. The lowest BCUT2D eigenvalue weighted by atomic mass is 9.83. The number of carboxylic acids is 1. The van der Waals surface area contributed by atoms with Crippen molar-refractivity contribution in [2.45, 2.75) is 32.4 Å². The number of aliphatic hydroxyl groups excluding tert-OH is 1. The molecule has 1 amide bonds. The predicted octanol–water partition coefficient (Wildman–Crippen LogP) is 0.136. The van der Waals surface area contributed by atoms with Crippen molar-refractivity contribution in [1.29, 1.82) is 0 Å². The SMILES string of the molecule is Cc1cc(C2=C(C(=O)O)N3C(=O)[C@H]([C@@H](C)O)[C@H]3C2)nn1C. The second-order valence-corrected chi connectivity index (χ2v) is 5.67. The number of aryl methyl sites for hydroxylation is 2. The fourth-order valence-electron chi connectivity index (χ4n) is 3.21. The van der Waals surface area contributed by atoms with Crippen LogP contribution in [-0.2, 0) is 16.6 Å². The van der Waals surface area contributed by atoms with Crippen molar-refractivity contribution >= 4 is 17.4 Å². The van der Waals surface area contributed by atoms with Gasteiger partial charge >= 0.3 is 5.97 Å². The second-order valence-electron chi connectivity index (χ2n) is 5.67. The molecule has 0 bridgehead atoms. The molecule has 0 aromatic carbocycles. The smallest absolute Gasteiger partial charge is 0.352 e. The minimum absolute atomic E-state index is 0.000000000000000222. The van der Waals surface area contributed by atoms with E-state index in [1.54, 1.807) is 18.7 Å². The van der Waals surface area contributed by atoms with Gasteiger partial charge in [0.2, 0.25) is 5.91 Å². The molecular weight excluding hydrogens is 274 g/mol. The maximum Gasteiger partial charge on any atom is 0.352 e. The van der Waals surface area contributed by atoms with Crippen LogP contribution in [0.4, 0.5) is 0 Å². The fourth-order valence-corrected chi connectivity index (χ4v) is 3.21. The molecule has 0 spiro atoms. The van der Waals surface area contributed by atoms with Crippen LogP contribution in [0.1, 0.15) is 24.7 Å². The summed E-state index contributed by atoms with van der Waals surface area (Å²) >= 11 is 0. The average molecular weight is 291 g/mol. The van der Waals surface area contributed by atoms with Crippen LogP contribution < -0.4 is 0 Å². The predicted molar refractivity (Wildman–Crippen MR) is 72.9 cm³/mol. The van der Waals surface area contributed by atoms with Crippen LogP contribution in [0.15, 0.2) is 11.8 Å². The number of hydrogen-bond donors (Lipinski definition) is 2. The number of carboxylic acid groups (broad SMARTS) is 1. The Kier molecular flexibility index (Phi) is 2.91. The lowest BCUT2D eigenvalue weighted by Crippen LogP contribution is -2.61. The summed E-state index contributed by atoms with van der Waals surface area (Å²) in [6, 6.07) is 1.53. The van der Waals surface area contributed by atoms with Crippen molar-refractivity contribution in [1.82, 2.24) is 14.7 Å². The van der Waals surface area contributed by atoms with Crippen LogP contribution in [0, 0.1) is 12.8 Å². The van der Waals surface area contributed by atoms with Gasteiger partial charge in [-0.3, -0.25) is 9.48 Å². The fraction of sp³-hybridized carbons (Fsp3) is 0.500. The number of rotatable bonds is 3. The summed E-state index contributed by atoms with van der Waals surface area (Å²) < 4.78 is 1.67. The van der Waals surface area contributed by atoms with Gasteiger partial charge in [-0.15, -0.1) is 0 Å². The summed E-state index contributed by atoms with van der Waals surface area (Å²) in [5.74, 6) is -1.98. The number of aliphatic hydroxyl groups is 1. The maximum absolute atomic E-state index is 12.1. The van der Waals surface area contributed by atoms with Gasteiger partial charge in [-0.05, 0) is 26.3 Å². The van der Waals surface area contributed by atoms with E-state index in [0.717, 1.165) is 5.69 Å². The average Bonchev–Trinajstić information content (AvgIpc) is 2.88. The van der Waals surface area contributed by atoms with Gasteiger partial charge in [0.1, 0.15) is 5.70 Å². The number of aromatic nitrogens is 2. The van der Waals surface area contributed by atoms with Crippen LogP contribution in [0.25, 0.3) is 5.57 Å². The minimum atomic E-state index is -1.13. The van der Waals surface area contributed by atoms with E-state index in [2.05, 4.69) is 5.10 Å². The zero-order chi connectivity index (χ0) is 15.5. The summed E-state index contributed by atoms with van der Waals surface area (Å²) in [6.07, 6.45) is -0.363. The number of carbonyl (C=O) groups is 2. The summed E-state index contributed by atoms with van der Waals surface area (Å²) in [4.78, 5) is 24.9. The zero-order valence-electron chi connectivity index (χ0n) is 12.1. The number of hydrogen-bond acceptors (Lipinski definition) is 4. The molecule has 1 aromatic rings. The van der Waals surface area contributed by atoms with Gasteiger partial charge in [-0.2, -0.15) is 5.10 Å². The van der Waals surface area contributed by atoms with Gasteiger partial charge in [-0.25, -0.2) is 4.79 Å². The first-order valence-corrected chi connectivity index (χ1v) is 6.81. The molecule has 0 aliphatic carbocycles. The van der Waals surface area contributed by atoms with Crippen molar-refractivity contribution < 1.29 is 19.8 Å². The van der Waals surface area contributed by atoms with Gasteiger partial charge in [0.25, 0.3) is 0 Å². The molecular formula is C14H17N3O4. The Morgan fingerprint density at radius 3 is 2.67 bits per heavy atom. The van der Waals surface area contributed by atoms with E-state index in [4.69, 9.17) is 0 Å². The van der Waals surface area contributed by atoms with Crippen LogP contribution >= 0.6 is 0 Å². The van der Waals surface area contributed by atoms with Gasteiger partial charge in [-0.1, -0.05) is 0 Å². The quantitative estimate of drug-likeness (QED) is 0.772. The van der Waals surface area contributed by atoms with E-state index in [1.165, 1.54) is 4.90 Å². The Bertz CT molecular complexity index is 654. The third-order valence-corrected chi connectivity index (χ3v) is 4.35. The molecule has 3 heterocycles. The van der Waals surface area contributed by atoms with Gasteiger partial charge in [0.05, 0.1) is 23.8 Å². The molecule has 2 aliphatic heterocycles. The number of nitrogens with zero attached hydrogens (tertiary/aromatic N) is 3. The van der Waals surface area contributed by atoms with Crippen LogP contribution in [-0.4, -0.2) is 48.9 Å². The molecule has 1 fully saturated rings. The number of fused-ring (bicyclic) bond motifs is 1. The monoisotopic (exact) mass is 291 g/mol. The summed E-state index contributed by atoms with van der Waals surface area (Å²) in [6.45, 7) is 3.44. The molecule has 0 saturated carbocycles. The van der Waals surface area contributed by atoms with E-state index in [0.29, 0.717) is 17.7 Å². The largest absolute Gasteiger partial charge is 0.477 e. The molecule has 7 nitrogen and oxygen atoms in total.